The van der Waals surface area contributed by atoms with Gasteiger partial charge in [-0.25, -0.2) is 4.79 Å². The van der Waals surface area contributed by atoms with Crippen LogP contribution < -0.4 is 10.6 Å². The van der Waals surface area contributed by atoms with Gasteiger partial charge in [0.25, 0.3) is 0 Å². The van der Waals surface area contributed by atoms with Crippen LogP contribution in [0, 0.1) is 5.92 Å². The molecule has 1 amide bonds. The van der Waals surface area contributed by atoms with Crippen LogP contribution >= 0.6 is 11.6 Å². The molecular formula is C26H35ClN2O2. The average molecular weight is 443 g/mol. The van der Waals surface area contributed by atoms with Crippen molar-refractivity contribution in [3.05, 3.63) is 70.7 Å². The Morgan fingerprint density at radius 2 is 1.77 bits per heavy atom. The average Bonchev–Trinajstić information content (AvgIpc) is 2.72. The van der Waals surface area contributed by atoms with Gasteiger partial charge < -0.3 is 15.4 Å². The maximum absolute atomic E-state index is 12.5. The second-order valence-corrected chi connectivity index (χ2v) is 9.92. The number of hydrogen-bond donors (Lipinski definition) is 2. The zero-order chi connectivity index (χ0) is 22.3. The van der Waals surface area contributed by atoms with Gasteiger partial charge in [-0.1, -0.05) is 54.1 Å². The molecule has 5 heteroatoms. The third kappa shape index (κ3) is 7.86. The molecule has 3 rings (SSSR count). The number of hydrogen-bond acceptors (Lipinski definition) is 3. The molecule has 2 aromatic carbocycles. The summed E-state index contributed by atoms with van der Waals surface area (Å²) in [6.07, 6.45) is 4.98. The lowest BCUT2D eigenvalue weighted by Gasteiger charge is -2.35. The van der Waals surface area contributed by atoms with Crippen molar-refractivity contribution in [1.29, 1.82) is 0 Å². The minimum atomic E-state index is -0.525. The molecule has 1 aliphatic carbocycles. The highest BCUT2D eigenvalue weighted by atomic mass is 35.5. The number of halogens is 1. The normalized spacial score (nSPS) is 20.1. The summed E-state index contributed by atoms with van der Waals surface area (Å²) in [7, 11) is 0. The van der Waals surface area contributed by atoms with Crippen LogP contribution in [0.3, 0.4) is 0 Å². The van der Waals surface area contributed by atoms with Gasteiger partial charge in [0.1, 0.15) is 5.60 Å². The van der Waals surface area contributed by atoms with Crippen molar-refractivity contribution >= 4 is 17.7 Å². The van der Waals surface area contributed by atoms with Crippen LogP contribution in [0.25, 0.3) is 0 Å². The molecule has 0 aliphatic heterocycles. The molecule has 31 heavy (non-hydrogen) atoms. The summed E-state index contributed by atoms with van der Waals surface area (Å²) in [5.41, 5.74) is 1.88. The van der Waals surface area contributed by atoms with Crippen LogP contribution in [-0.4, -0.2) is 24.3 Å². The van der Waals surface area contributed by atoms with Crippen molar-refractivity contribution in [3.8, 4) is 0 Å². The Bertz CT molecular complexity index is 827. The van der Waals surface area contributed by atoms with Crippen LogP contribution in [0.4, 0.5) is 4.79 Å². The van der Waals surface area contributed by atoms with Crippen molar-refractivity contribution < 1.29 is 9.53 Å². The van der Waals surface area contributed by atoms with E-state index in [0.717, 1.165) is 44.2 Å². The zero-order valence-corrected chi connectivity index (χ0v) is 19.6. The molecule has 0 saturated heterocycles. The van der Waals surface area contributed by atoms with Crippen molar-refractivity contribution in [2.24, 2.45) is 5.92 Å². The highest BCUT2D eigenvalue weighted by molar-refractivity contribution is 6.30. The maximum Gasteiger partial charge on any atom is 0.408 e. The van der Waals surface area contributed by atoms with Gasteiger partial charge in [-0.05, 0) is 88.6 Å². The van der Waals surface area contributed by atoms with E-state index in [4.69, 9.17) is 16.3 Å². The summed E-state index contributed by atoms with van der Waals surface area (Å²) in [6.45, 7) is 6.64. The third-order valence-corrected chi connectivity index (χ3v) is 6.05. The first-order chi connectivity index (χ1) is 14.8. The van der Waals surface area contributed by atoms with E-state index in [1.807, 2.05) is 45.0 Å². The summed E-state index contributed by atoms with van der Waals surface area (Å²) in [5, 5.41) is 7.53. The molecule has 0 aromatic heterocycles. The molecular weight excluding hydrogens is 408 g/mol. The van der Waals surface area contributed by atoms with E-state index in [-0.39, 0.29) is 12.1 Å². The molecule has 4 nitrogen and oxygen atoms in total. The fraction of sp³-hybridized carbons (Fsp3) is 0.500. The van der Waals surface area contributed by atoms with Gasteiger partial charge >= 0.3 is 6.09 Å². The lowest BCUT2D eigenvalue weighted by atomic mass is 9.79. The fourth-order valence-electron chi connectivity index (χ4n) is 4.33. The van der Waals surface area contributed by atoms with E-state index in [1.54, 1.807) is 0 Å². The number of rotatable bonds is 7. The standard InChI is InChI=1S/C26H35ClN2O2/c1-26(2,3)31-25(30)29-24(21-10-7-11-22(27)18-21)20-12-14-23(15-13-20)28-17-16-19-8-5-4-6-9-19/h4-11,18,20,23-24,28H,12-17H2,1-3H3,(H,29,30). The van der Waals surface area contributed by atoms with E-state index in [9.17, 15) is 4.79 Å². The zero-order valence-electron chi connectivity index (χ0n) is 18.9. The van der Waals surface area contributed by atoms with Crippen molar-refractivity contribution in [1.82, 2.24) is 10.6 Å². The molecule has 2 N–H and O–H groups in total. The topological polar surface area (TPSA) is 50.4 Å². The van der Waals surface area contributed by atoms with Crippen LogP contribution in [0.2, 0.25) is 5.02 Å². The number of carbonyl (C=O) groups excluding carboxylic acids is 1. The quantitative estimate of drug-likeness (QED) is 0.529. The molecule has 0 radical (unpaired) electrons. The molecule has 1 aliphatic rings. The number of amides is 1. The molecule has 0 spiro atoms. The second-order valence-electron chi connectivity index (χ2n) is 9.48. The fourth-order valence-corrected chi connectivity index (χ4v) is 4.53. The van der Waals surface area contributed by atoms with Gasteiger partial charge in [0, 0.05) is 11.1 Å². The Morgan fingerprint density at radius 1 is 1.06 bits per heavy atom. The first-order valence-electron chi connectivity index (χ1n) is 11.3. The van der Waals surface area contributed by atoms with Crippen LogP contribution in [0.1, 0.15) is 63.6 Å². The number of alkyl carbamates (subject to hydrolysis) is 1. The predicted octanol–water partition coefficient (Wildman–Crippen LogP) is 6.30. The van der Waals surface area contributed by atoms with Gasteiger partial charge in [0.2, 0.25) is 0 Å². The van der Waals surface area contributed by atoms with Crippen molar-refractivity contribution in [3.63, 3.8) is 0 Å². The van der Waals surface area contributed by atoms with Crippen molar-refractivity contribution in [2.45, 2.75) is 70.6 Å². The first-order valence-corrected chi connectivity index (χ1v) is 11.7. The molecule has 1 fully saturated rings. The summed E-state index contributed by atoms with van der Waals surface area (Å²) < 4.78 is 5.53. The SMILES string of the molecule is CC(C)(C)OC(=O)NC(c1cccc(Cl)c1)C1CCC(NCCc2ccccc2)CC1. The largest absolute Gasteiger partial charge is 0.444 e. The molecule has 1 saturated carbocycles. The summed E-state index contributed by atoms with van der Waals surface area (Å²) >= 11 is 6.25. The van der Waals surface area contributed by atoms with Crippen molar-refractivity contribution in [2.75, 3.05) is 6.54 Å². The number of nitrogens with one attached hydrogen (secondary N) is 2. The molecule has 1 unspecified atom stereocenters. The number of carbonyl (C=O) groups is 1. The highest BCUT2D eigenvalue weighted by Gasteiger charge is 2.31. The molecule has 0 heterocycles. The molecule has 1 atom stereocenters. The number of ether oxygens (including phenoxy) is 1. The Labute approximate surface area is 191 Å². The Morgan fingerprint density at radius 3 is 2.42 bits per heavy atom. The van der Waals surface area contributed by atoms with Gasteiger partial charge in [0.15, 0.2) is 0 Å². The second kappa shape index (κ2) is 11.0. The van der Waals surface area contributed by atoms with Gasteiger partial charge in [-0.3, -0.25) is 0 Å². The lowest BCUT2D eigenvalue weighted by molar-refractivity contribution is 0.0473. The van der Waals surface area contributed by atoms with Gasteiger partial charge in [-0.15, -0.1) is 0 Å². The van der Waals surface area contributed by atoms with E-state index >= 15 is 0 Å². The smallest absolute Gasteiger partial charge is 0.408 e. The molecule has 168 valence electrons. The van der Waals surface area contributed by atoms with Crippen LogP contribution in [0.15, 0.2) is 54.6 Å². The minimum Gasteiger partial charge on any atom is -0.444 e. The van der Waals surface area contributed by atoms with Gasteiger partial charge in [-0.2, -0.15) is 0 Å². The van der Waals surface area contributed by atoms with Crippen LogP contribution in [0.5, 0.6) is 0 Å². The van der Waals surface area contributed by atoms with Crippen LogP contribution in [-0.2, 0) is 11.2 Å². The minimum absolute atomic E-state index is 0.0983. The monoisotopic (exact) mass is 442 g/mol. The predicted molar refractivity (Wildman–Crippen MR) is 127 cm³/mol. The van der Waals surface area contributed by atoms with E-state index in [1.165, 1.54) is 5.56 Å². The Balaban J connectivity index is 1.57. The van der Waals surface area contributed by atoms with E-state index in [0.29, 0.717) is 17.0 Å². The molecule has 0 bridgehead atoms. The Hall–Kier alpha value is -2.04. The lowest BCUT2D eigenvalue weighted by Crippen LogP contribution is -2.41. The summed E-state index contributed by atoms with van der Waals surface area (Å²) in [4.78, 5) is 12.5. The van der Waals surface area contributed by atoms with Gasteiger partial charge in [0.05, 0.1) is 6.04 Å². The Kier molecular flexibility index (Phi) is 8.39. The first kappa shape index (κ1) is 23.6. The number of benzene rings is 2. The van der Waals surface area contributed by atoms with E-state index < -0.39 is 5.60 Å². The van der Waals surface area contributed by atoms with E-state index in [2.05, 4.69) is 41.0 Å². The maximum atomic E-state index is 12.5. The molecule has 2 aromatic rings. The third-order valence-electron chi connectivity index (χ3n) is 5.81. The summed E-state index contributed by atoms with van der Waals surface area (Å²) in [5.74, 6) is 0.359. The highest BCUT2D eigenvalue weighted by Crippen LogP contribution is 2.35. The summed E-state index contributed by atoms with van der Waals surface area (Å²) in [6, 6.07) is 18.8.